The maximum atomic E-state index is 12.1. The minimum absolute atomic E-state index is 0.509. The van der Waals surface area contributed by atoms with Gasteiger partial charge in [0.25, 0.3) is 0 Å². The first kappa shape index (κ1) is 8.65. The molecule has 1 aromatic rings. The summed E-state index contributed by atoms with van der Waals surface area (Å²) in [6.07, 6.45) is 0. The average molecular weight is 221 g/mol. The van der Waals surface area contributed by atoms with E-state index >= 15 is 0 Å². The standard InChI is InChI=1S/C8H7BrF2/c9-8-3-6(4-10)1-2-7(8)5-11/h1-3H,4-5H2. The van der Waals surface area contributed by atoms with Gasteiger partial charge in [0.15, 0.2) is 0 Å². The Morgan fingerprint density at radius 3 is 2.36 bits per heavy atom. The molecule has 0 spiro atoms. The fourth-order valence-corrected chi connectivity index (χ4v) is 1.31. The van der Waals surface area contributed by atoms with Crippen molar-refractivity contribution in [2.45, 2.75) is 13.3 Å². The highest BCUT2D eigenvalue weighted by atomic mass is 79.9. The van der Waals surface area contributed by atoms with Crippen LogP contribution >= 0.6 is 15.9 Å². The van der Waals surface area contributed by atoms with Gasteiger partial charge >= 0.3 is 0 Å². The van der Waals surface area contributed by atoms with E-state index in [9.17, 15) is 8.78 Å². The van der Waals surface area contributed by atoms with Gasteiger partial charge in [0.05, 0.1) is 0 Å². The Kier molecular flexibility index (Phi) is 3.00. The van der Waals surface area contributed by atoms with Gasteiger partial charge in [0.2, 0.25) is 0 Å². The molecular weight excluding hydrogens is 214 g/mol. The molecule has 0 atom stereocenters. The summed E-state index contributed by atoms with van der Waals surface area (Å²) in [5, 5.41) is 0. The maximum absolute atomic E-state index is 12.1. The SMILES string of the molecule is FCc1ccc(CF)c(Br)c1. The molecule has 60 valence electrons. The van der Waals surface area contributed by atoms with Crippen molar-refractivity contribution in [1.29, 1.82) is 0 Å². The third kappa shape index (κ3) is 1.99. The largest absolute Gasteiger partial charge is 0.246 e. The molecular formula is C8H7BrF2. The second-order valence-electron chi connectivity index (χ2n) is 2.19. The van der Waals surface area contributed by atoms with E-state index in [1.807, 2.05) is 0 Å². The second kappa shape index (κ2) is 3.81. The molecule has 0 aliphatic heterocycles. The van der Waals surface area contributed by atoms with Crippen molar-refractivity contribution in [1.82, 2.24) is 0 Å². The zero-order chi connectivity index (χ0) is 8.27. The van der Waals surface area contributed by atoms with Crippen LogP contribution in [0.4, 0.5) is 8.78 Å². The van der Waals surface area contributed by atoms with Crippen LogP contribution in [0.15, 0.2) is 22.7 Å². The van der Waals surface area contributed by atoms with Crippen molar-refractivity contribution in [2.75, 3.05) is 0 Å². The zero-order valence-corrected chi connectivity index (χ0v) is 7.37. The van der Waals surface area contributed by atoms with Crippen LogP contribution in [0, 0.1) is 0 Å². The lowest BCUT2D eigenvalue weighted by molar-refractivity contribution is 0.478. The van der Waals surface area contributed by atoms with Crippen LogP contribution in [0.1, 0.15) is 11.1 Å². The molecule has 0 unspecified atom stereocenters. The number of rotatable bonds is 2. The highest BCUT2D eigenvalue weighted by Gasteiger charge is 1.99. The van der Waals surface area contributed by atoms with E-state index in [4.69, 9.17) is 0 Å². The molecule has 0 fully saturated rings. The number of halogens is 3. The number of benzene rings is 1. The third-order valence-corrected chi connectivity index (χ3v) is 2.15. The highest BCUT2D eigenvalue weighted by Crippen LogP contribution is 2.19. The summed E-state index contributed by atoms with van der Waals surface area (Å²) >= 11 is 3.14. The smallest absolute Gasteiger partial charge is 0.116 e. The topological polar surface area (TPSA) is 0 Å². The maximum Gasteiger partial charge on any atom is 0.116 e. The molecule has 0 amide bonds. The van der Waals surface area contributed by atoms with Crippen LogP contribution in [0.5, 0.6) is 0 Å². The lowest BCUT2D eigenvalue weighted by Gasteiger charge is -2.00. The number of hydrogen-bond donors (Lipinski definition) is 0. The molecule has 0 aromatic heterocycles. The van der Waals surface area contributed by atoms with E-state index in [0.29, 0.717) is 15.6 Å². The third-order valence-electron chi connectivity index (χ3n) is 1.42. The van der Waals surface area contributed by atoms with Crippen LogP contribution in [0.3, 0.4) is 0 Å². The molecule has 1 aromatic carbocycles. The Balaban J connectivity index is 2.99. The normalized spacial score (nSPS) is 10.1. The number of hydrogen-bond acceptors (Lipinski definition) is 0. The van der Waals surface area contributed by atoms with Gasteiger partial charge < -0.3 is 0 Å². The summed E-state index contributed by atoms with van der Waals surface area (Å²) in [6.45, 7) is -1.03. The van der Waals surface area contributed by atoms with Crippen LogP contribution in [0.2, 0.25) is 0 Å². The summed E-state index contributed by atoms with van der Waals surface area (Å²) in [4.78, 5) is 0. The summed E-state index contributed by atoms with van der Waals surface area (Å²) in [7, 11) is 0. The zero-order valence-electron chi connectivity index (χ0n) is 5.78. The van der Waals surface area contributed by atoms with Crippen molar-refractivity contribution in [3.63, 3.8) is 0 Å². The Morgan fingerprint density at radius 2 is 1.91 bits per heavy atom. The van der Waals surface area contributed by atoms with Gasteiger partial charge in [0, 0.05) is 4.47 Å². The number of alkyl halides is 2. The molecule has 0 heterocycles. The van der Waals surface area contributed by atoms with E-state index in [2.05, 4.69) is 15.9 Å². The first-order valence-electron chi connectivity index (χ1n) is 3.17. The van der Waals surface area contributed by atoms with Crippen molar-refractivity contribution in [2.24, 2.45) is 0 Å². The molecule has 11 heavy (non-hydrogen) atoms. The Labute approximate surface area is 72.4 Å². The Morgan fingerprint density at radius 1 is 1.18 bits per heavy atom. The predicted molar refractivity (Wildman–Crippen MR) is 43.8 cm³/mol. The van der Waals surface area contributed by atoms with Crippen LogP contribution in [0.25, 0.3) is 0 Å². The quantitative estimate of drug-likeness (QED) is 0.717. The summed E-state index contributed by atoms with van der Waals surface area (Å²) in [5.41, 5.74) is 1.12. The van der Waals surface area contributed by atoms with Crippen molar-refractivity contribution < 1.29 is 8.78 Å². The fourth-order valence-electron chi connectivity index (χ4n) is 0.782. The lowest BCUT2D eigenvalue weighted by atomic mass is 10.2. The molecule has 0 aliphatic carbocycles. The molecule has 0 aliphatic rings. The molecule has 0 saturated carbocycles. The minimum Gasteiger partial charge on any atom is -0.246 e. The van der Waals surface area contributed by atoms with Crippen LogP contribution < -0.4 is 0 Å². The van der Waals surface area contributed by atoms with Gasteiger partial charge in [-0.2, -0.15) is 0 Å². The van der Waals surface area contributed by atoms with Gasteiger partial charge in [0.1, 0.15) is 13.3 Å². The van der Waals surface area contributed by atoms with Crippen LogP contribution in [-0.4, -0.2) is 0 Å². The van der Waals surface area contributed by atoms with E-state index in [-0.39, 0.29) is 0 Å². The first-order valence-corrected chi connectivity index (χ1v) is 3.96. The van der Waals surface area contributed by atoms with E-state index in [1.165, 1.54) is 0 Å². The molecule has 1 rings (SSSR count). The molecule has 3 heteroatoms. The minimum atomic E-state index is -0.521. The van der Waals surface area contributed by atoms with Crippen molar-refractivity contribution in [3.05, 3.63) is 33.8 Å². The van der Waals surface area contributed by atoms with Crippen molar-refractivity contribution in [3.8, 4) is 0 Å². The Hall–Kier alpha value is -0.440. The first-order chi connectivity index (χ1) is 5.27. The summed E-state index contributed by atoms with van der Waals surface area (Å²) in [5.74, 6) is 0. The molecule has 0 bridgehead atoms. The molecule has 0 saturated heterocycles. The second-order valence-corrected chi connectivity index (χ2v) is 3.05. The van der Waals surface area contributed by atoms with Crippen molar-refractivity contribution >= 4 is 15.9 Å². The average Bonchev–Trinajstić information content (AvgIpc) is 2.04. The van der Waals surface area contributed by atoms with Gasteiger partial charge in [-0.25, -0.2) is 8.78 Å². The molecule has 0 nitrogen and oxygen atoms in total. The van der Waals surface area contributed by atoms with Gasteiger partial charge in [-0.05, 0) is 17.2 Å². The van der Waals surface area contributed by atoms with Gasteiger partial charge in [-0.1, -0.05) is 28.1 Å². The van der Waals surface area contributed by atoms with Crippen LogP contribution in [-0.2, 0) is 13.3 Å². The highest BCUT2D eigenvalue weighted by molar-refractivity contribution is 9.10. The summed E-state index contributed by atoms with van der Waals surface area (Å²) < 4.78 is 24.8. The Bertz CT molecular complexity index is 248. The van der Waals surface area contributed by atoms with E-state index < -0.39 is 13.3 Å². The van der Waals surface area contributed by atoms with E-state index in [1.54, 1.807) is 18.2 Å². The fraction of sp³-hybridized carbons (Fsp3) is 0.250. The molecule has 0 N–H and O–H groups in total. The van der Waals surface area contributed by atoms with Gasteiger partial charge in [-0.15, -0.1) is 0 Å². The predicted octanol–water partition coefficient (Wildman–Crippen LogP) is 3.39. The summed E-state index contributed by atoms with van der Waals surface area (Å²) in [6, 6.07) is 4.76. The van der Waals surface area contributed by atoms with Gasteiger partial charge in [-0.3, -0.25) is 0 Å². The lowest BCUT2D eigenvalue weighted by Crippen LogP contribution is -1.84. The monoisotopic (exact) mass is 220 g/mol. The molecule has 0 radical (unpaired) electrons. The van der Waals surface area contributed by atoms with E-state index in [0.717, 1.165) is 0 Å².